The zero-order valence-corrected chi connectivity index (χ0v) is 17.9. The van der Waals surface area contributed by atoms with E-state index >= 15 is 0 Å². The minimum absolute atomic E-state index is 0.0141. The molecule has 0 aromatic heterocycles. The number of hydrogen-bond donors (Lipinski definition) is 0. The van der Waals surface area contributed by atoms with E-state index in [0.717, 1.165) is 25.8 Å². The first-order valence-electron chi connectivity index (χ1n) is 9.07. The number of amides is 1. The molecule has 140 valence electrons. The molecule has 0 N–H and O–H groups in total. The van der Waals surface area contributed by atoms with Crippen LogP contribution in [-0.2, 0) is 9.16 Å². The highest BCUT2D eigenvalue weighted by molar-refractivity contribution is 6.74. The fourth-order valence-electron chi connectivity index (χ4n) is 2.71. The molecule has 1 aliphatic rings. The third-order valence-electron chi connectivity index (χ3n) is 5.01. The van der Waals surface area contributed by atoms with Gasteiger partial charge in [-0.05, 0) is 58.2 Å². The van der Waals surface area contributed by atoms with Crippen molar-refractivity contribution >= 4 is 14.4 Å². The molecule has 0 saturated carbocycles. The normalized spacial score (nSPS) is 23.1. The van der Waals surface area contributed by atoms with Crippen LogP contribution in [0.25, 0.3) is 0 Å². The quantitative estimate of drug-likeness (QED) is 0.504. The highest BCUT2D eigenvalue weighted by Crippen LogP contribution is 2.39. The van der Waals surface area contributed by atoms with Gasteiger partial charge in [-0.2, -0.15) is 0 Å². The highest BCUT2D eigenvalue weighted by atomic mass is 28.4. The molecule has 1 saturated heterocycles. The van der Waals surface area contributed by atoms with Crippen LogP contribution in [0.2, 0.25) is 18.1 Å². The van der Waals surface area contributed by atoms with Crippen molar-refractivity contribution in [2.45, 2.75) is 96.7 Å². The topological polar surface area (TPSA) is 38.8 Å². The van der Waals surface area contributed by atoms with E-state index in [0.29, 0.717) is 0 Å². The van der Waals surface area contributed by atoms with Crippen LogP contribution in [0.3, 0.4) is 0 Å². The van der Waals surface area contributed by atoms with E-state index in [1.165, 1.54) is 0 Å². The Kier molecular flexibility index (Phi) is 6.73. The molecule has 1 heterocycles. The molecule has 5 heteroatoms. The maximum Gasteiger partial charge on any atom is 0.410 e. The summed E-state index contributed by atoms with van der Waals surface area (Å²) in [5.74, 6) is 0. The molecular weight excluding hydrogens is 318 g/mol. The van der Waals surface area contributed by atoms with Crippen LogP contribution in [0, 0.1) is 0 Å². The highest BCUT2D eigenvalue weighted by Gasteiger charge is 2.43. The summed E-state index contributed by atoms with van der Waals surface area (Å²) in [6, 6.07) is 0.0141. The van der Waals surface area contributed by atoms with Gasteiger partial charge in [0.15, 0.2) is 8.32 Å². The van der Waals surface area contributed by atoms with Gasteiger partial charge in [-0.15, -0.1) is 6.58 Å². The zero-order chi connectivity index (χ0) is 18.8. The number of ether oxygens (including phenoxy) is 1. The number of hydrogen-bond acceptors (Lipinski definition) is 3. The van der Waals surface area contributed by atoms with Crippen LogP contribution in [-0.4, -0.2) is 43.6 Å². The molecule has 4 nitrogen and oxygen atoms in total. The van der Waals surface area contributed by atoms with Gasteiger partial charge in [-0.1, -0.05) is 26.8 Å². The van der Waals surface area contributed by atoms with Gasteiger partial charge in [0, 0.05) is 6.54 Å². The van der Waals surface area contributed by atoms with Gasteiger partial charge in [-0.3, -0.25) is 0 Å². The van der Waals surface area contributed by atoms with E-state index in [9.17, 15) is 4.79 Å². The third-order valence-corrected chi connectivity index (χ3v) is 9.51. The van der Waals surface area contributed by atoms with Crippen molar-refractivity contribution in [3.63, 3.8) is 0 Å². The van der Waals surface area contributed by atoms with Crippen molar-refractivity contribution in [3.8, 4) is 0 Å². The molecular formula is C19H37NO3Si. The molecule has 0 radical (unpaired) electrons. The Morgan fingerprint density at radius 2 is 1.83 bits per heavy atom. The largest absolute Gasteiger partial charge is 0.444 e. The summed E-state index contributed by atoms with van der Waals surface area (Å²) in [5, 5.41) is 0.153. The number of piperidine rings is 1. The summed E-state index contributed by atoms with van der Waals surface area (Å²) >= 11 is 0. The Morgan fingerprint density at radius 1 is 1.25 bits per heavy atom. The van der Waals surface area contributed by atoms with E-state index in [2.05, 4.69) is 40.4 Å². The monoisotopic (exact) mass is 355 g/mol. The van der Waals surface area contributed by atoms with Crippen LogP contribution in [0.5, 0.6) is 0 Å². The van der Waals surface area contributed by atoms with Gasteiger partial charge in [0.25, 0.3) is 0 Å². The first kappa shape index (κ1) is 21.2. The molecule has 1 amide bonds. The molecule has 1 fully saturated rings. The van der Waals surface area contributed by atoms with Gasteiger partial charge in [0.2, 0.25) is 0 Å². The summed E-state index contributed by atoms with van der Waals surface area (Å²) in [7, 11) is -1.89. The second kappa shape index (κ2) is 7.61. The van der Waals surface area contributed by atoms with Gasteiger partial charge in [0.05, 0.1) is 12.1 Å². The SMILES string of the molecule is C=CC[C@@H]1[C@@H](O[Si](C)(C)C(C)(C)C)CCCN1C(=O)OC(C)(C)C. The Hall–Kier alpha value is -0.813. The number of nitrogens with zero attached hydrogens (tertiary/aromatic N) is 1. The van der Waals surface area contributed by atoms with Crippen molar-refractivity contribution in [3.05, 3.63) is 12.7 Å². The number of rotatable bonds is 4. The van der Waals surface area contributed by atoms with E-state index in [-0.39, 0.29) is 23.3 Å². The van der Waals surface area contributed by atoms with Crippen molar-refractivity contribution in [2.24, 2.45) is 0 Å². The zero-order valence-electron chi connectivity index (χ0n) is 16.9. The third kappa shape index (κ3) is 5.62. The second-order valence-corrected chi connectivity index (χ2v) is 14.1. The van der Waals surface area contributed by atoms with Crippen molar-refractivity contribution in [2.75, 3.05) is 6.54 Å². The molecule has 0 unspecified atom stereocenters. The molecule has 0 bridgehead atoms. The van der Waals surface area contributed by atoms with Gasteiger partial charge in [-0.25, -0.2) is 4.79 Å². The van der Waals surface area contributed by atoms with Crippen molar-refractivity contribution in [1.82, 2.24) is 4.90 Å². The lowest BCUT2D eigenvalue weighted by molar-refractivity contribution is -0.0185. The van der Waals surface area contributed by atoms with Crippen LogP contribution in [0.15, 0.2) is 12.7 Å². The first-order valence-corrected chi connectivity index (χ1v) is 12.0. The molecule has 1 rings (SSSR count). The minimum Gasteiger partial charge on any atom is -0.444 e. The molecule has 2 atom stereocenters. The smallest absolute Gasteiger partial charge is 0.410 e. The molecule has 0 aromatic carbocycles. The van der Waals surface area contributed by atoms with E-state index in [1.54, 1.807) is 0 Å². The summed E-state index contributed by atoms with van der Waals surface area (Å²) < 4.78 is 12.3. The number of carbonyl (C=O) groups is 1. The first-order chi connectivity index (χ1) is 10.8. The Morgan fingerprint density at radius 3 is 2.29 bits per heavy atom. The average Bonchev–Trinajstić information content (AvgIpc) is 2.37. The Bertz CT molecular complexity index is 449. The van der Waals surface area contributed by atoms with Gasteiger partial charge in [0.1, 0.15) is 5.60 Å². The van der Waals surface area contributed by atoms with Crippen LogP contribution in [0.4, 0.5) is 4.79 Å². The summed E-state index contributed by atoms with van der Waals surface area (Å²) in [6.45, 7) is 21.6. The van der Waals surface area contributed by atoms with Crippen molar-refractivity contribution in [1.29, 1.82) is 0 Å². The predicted molar refractivity (Wildman–Crippen MR) is 103 cm³/mol. The standard InChI is InChI=1S/C19H37NO3Si/c1-10-12-15-16(23-24(8,9)19(5,6)7)13-11-14-20(15)17(21)22-18(2,3)4/h10,15-16H,1,11-14H2,2-9H3/t15-,16+/m1/s1. The maximum atomic E-state index is 12.6. The molecule has 0 aromatic rings. The molecule has 24 heavy (non-hydrogen) atoms. The number of carbonyl (C=O) groups excluding carboxylic acids is 1. The maximum absolute atomic E-state index is 12.6. The molecule has 0 aliphatic carbocycles. The van der Waals surface area contributed by atoms with Crippen LogP contribution in [0.1, 0.15) is 60.8 Å². The van der Waals surface area contributed by atoms with Crippen LogP contribution >= 0.6 is 0 Å². The second-order valence-electron chi connectivity index (χ2n) is 9.32. The van der Waals surface area contributed by atoms with E-state index in [1.807, 2.05) is 31.7 Å². The summed E-state index contributed by atoms with van der Waals surface area (Å²) in [4.78, 5) is 14.5. The lowest BCUT2D eigenvalue weighted by Crippen LogP contribution is -2.56. The van der Waals surface area contributed by atoms with Gasteiger partial charge < -0.3 is 14.1 Å². The molecule has 0 spiro atoms. The Balaban J connectivity index is 2.97. The number of likely N-dealkylation sites (tertiary alicyclic amines) is 1. The predicted octanol–water partition coefficient (Wildman–Crippen LogP) is 5.35. The fourth-order valence-corrected chi connectivity index (χ4v) is 4.10. The lowest BCUT2D eigenvalue weighted by Gasteiger charge is -2.46. The minimum atomic E-state index is -1.89. The van der Waals surface area contributed by atoms with Crippen LogP contribution < -0.4 is 0 Å². The summed E-state index contributed by atoms with van der Waals surface area (Å²) in [6.07, 6.45) is 4.38. The van der Waals surface area contributed by atoms with E-state index < -0.39 is 13.9 Å². The summed E-state index contributed by atoms with van der Waals surface area (Å²) in [5.41, 5.74) is -0.483. The average molecular weight is 356 g/mol. The fraction of sp³-hybridized carbons (Fsp3) is 0.842. The van der Waals surface area contributed by atoms with E-state index in [4.69, 9.17) is 9.16 Å². The van der Waals surface area contributed by atoms with Crippen molar-refractivity contribution < 1.29 is 14.0 Å². The Labute approximate surface area is 149 Å². The van der Waals surface area contributed by atoms with Gasteiger partial charge >= 0.3 is 6.09 Å². The lowest BCUT2D eigenvalue weighted by atomic mass is 9.96. The molecule has 1 aliphatic heterocycles.